The molecule has 0 saturated carbocycles. The zero-order valence-electron chi connectivity index (χ0n) is 13.7. The summed E-state index contributed by atoms with van der Waals surface area (Å²) < 4.78 is 11.5. The number of fused-ring (bicyclic) bond motifs is 1. The van der Waals surface area contributed by atoms with Gasteiger partial charge in [-0.2, -0.15) is 0 Å². The van der Waals surface area contributed by atoms with Gasteiger partial charge in [-0.05, 0) is 43.7 Å². The Balaban J connectivity index is 2.05. The lowest BCUT2D eigenvalue weighted by Crippen LogP contribution is -2.87. The van der Waals surface area contributed by atoms with Crippen LogP contribution in [0.25, 0.3) is 0 Å². The monoisotopic (exact) mass is 314 g/mol. The van der Waals surface area contributed by atoms with Crippen molar-refractivity contribution in [1.82, 2.24) is 0 Å². The Morgan fingerprint density at radius 2 is 1.83 bits per heavy atom. The lowest BCUT2D eigenvalue weighted by molar-refractivity contribution is -0.690. The number of phenols is 1. The van der Waals surface area contributed by atoms with Crippen molar-refractivity contribution in [3.63, 3.8) is 0 Å². The third-order valence-corrected chi connectivity index (χ3v) is 4.19. The molecule has 3 rings (SSSR count). The predicted octanol–water partition coefficient (Wildman–Crippen LogP) is 2.40. The van der Waals surface area contributed by atoms with Gasteiger partial charge in [0.1, 0.15) is 11.8 Å². The number of aromatic hydroxyl groups is 1. The van der Waals surface area contributed by atoms with E-state index in [-0.39, 0.29) is 6.04 Å². The molecule has 1 aliphatic heterocycles. The Morgan fingerprint density at radius 1 is 1.09 bits per heavy atom. The minimum atomic E-state index is 0.181. The highest BCUT2D eigenvalue weighted by molar-refractivity contribution is 5.51. The molecule has 1 heterocycles. The molecule has 0 amide bonds. The van der Waals surface area contributed by atoms with E-state index in [1.165, 1.54) is 11.1 Å². The largest absolute Gasteiger partial charge is 0.508 e. The van der Waals surface area contributed by atoms with Crippen molar-refractivity contribution < 1.29 is 19.9 Å². The average Bonchev–Trinajstić information content (AvgIpc) is 2.55. The van der Waals surface area contributed by atoms with E-state index in [1.807, 2.05) is 26.0 Å². The highest BCUT2D eigenvalue weighted by Gasteiger charge is 2.27. The number of benzene rings is 2. The third kappa shape index (κ3) is 3.27. The maximum atomic E-state index is 9.79. The number of hydrogen-bond donors (Lipinski definition) is 2. The summed E-state index contributed by atoms with van der Waals surface area (Å²) in [5.74, 6) is 1.93. The van der Waals surface area contributed by atoms with Gasteiger partial charge >= 0.3 is 0 Å². The molecule has 2 aromatic rings. The third-order valence-electron chi connectivity index (χ3n) is 4.19. The Labute approximate surface area is 137 Å². The van der Waals surface area contributed by atoms with Crippen LogP contribution in [0, 0.1) is 0 Å². The summed E-state index contributed by atoms with van der Waals surface area (Å²) in [6, 6.07) is 11.9. The van der Waals surface area contributed by atoms with Crippen LogP contribution in [0.3, 0.4) is 0 Å². The van der Waals surface area contributed by atoms with Gasteiger partial charge in [-0.25, -0.2) is 0 Å². The first-order valence-electron chi connectivity index (χ1n) is 8.27. The molecule has 0 radical (unpaired) electrons. The molecule has 2 aromatic carbocycles. The summed E-state index contributed by atoms with van der Waals surface area (Å²) in [6.45, 7) is 6.22. The minimum Gasteiger partial charge on any atom is -0.508 e. The van der Waals surface area contributed by atoms with Crippen molar-refractivity contribution in [3.05, 3.63) is 53.1 Å². The van der Waals surface area contributed by atoms with Crippen LogP contribution in [0.1, 0.15) is 36.6 Å². The van der Waals surface area contributed by atoms with Crippen molar-refractivity contribution in [2.45, 2.75) is 26.3 Å². The molecule has 23 heavy (non-hydrogen) atoms. The SMILES string of the molecule is CCOc1cc2c(cc1OCC)C(c1cccc(O)c1)[NH2+]CC2. The van der Waals surface area contributed by atoms with Gasteiger partial charge in [-0.3, -0.25) is 0 Å². The quantitative estimate of drug-likeness (QED) is 0.891. The van der Waals surface area contributed by atoms with Crippen molar-refractivity contribution in [1.29, 1.82) is 0 Å². The summed E-state index contributed by atoms with van der Waals surface area (Å²) in [6.07, 6.45) is 1.01. The molecule has 4 nitrogen and oxygen atoms in total. The van der Waals surface area contributed by atoms with Crippen molar-refractivity contribution in [2.75, 3.05) is 19.8 Å². The van der Waals surface area contributed by atoms with Gasteiger partial charge in [0.05, 0.1) is 19.8 Å². The van der Waals surface area contributed by atoms with Crippen molar-refractivity contribution >= 4 is 0 Å². The number of rotatable bonds is 5. The van der Waals surface area contributed by atoms with Gasteiger partial charge in [-0.15, -0.1) is 0 Å². The van der Waals surface area contributed by atoms with E-state index in [4.69, 9.17) is 9.47 Å². The summed E-state index contributed by atoms with van der Waals surface area (Å²) in [5.41, 5.74) is 3.65. The molecular formula is C19H24NO3+. The molecule has 0 spiro atoms. The van der Waals surface area contributed by atoms with E-state index < -0.39 is 0 Å². The van der Waals surface area contributed by atoms with Gasteiger partial charge in [0.2, 0.25) is 0 Å². The number of phenolic OH excluding ortho intramolecular Hbond substituents is 1. The molecule has 0 saturated heterocycles. The lowest BCUT2D eigenvalue weighted by Gasteiger charge is -2.26. The van der Waals surface area contributed by atoms with Crippen LogP contribution in [-0.2, 0) is 6.42 Å². The second kappa shape index (κ2) is 6.92. The van der Waals surface area contributed by atoms with Crippen LogP contribution in [0.4, 0.5) is 0 Å². The molecular weight excluding hydrogens is 290 g/mol. The molecule has 1 unspecified atom stereocenters. The first-order chi connectivity index (χ1) is 11.2. The molecule has 1 atom stereocenters. The number of ether oxygens (including phenoxy) is 2. The van der Waals surface area contributed by atoms with Gasteiger partial charge in [-0.1, -0.05) is 12.1 Å². The number of hydrogen-bond acceptors (Lipinski definition) is 3. The maximum absolute atomic E-state index is 9.79. The highest BCUT2D eigenvalue weighted by atomic mass is 16.5. The fourth-order valence-electron chi connectivity index (χ4n) is 3.23. The lowest BCUT2D eigenvalue weighted by atomic mass is 9.89. The Kier molecular flexibility index (Phi) is 4.72. The van der Waals surface area contributed by atoms with Crippen LogP contribution in [-0.4, -0.2) is 24.9 Å². The van der Waals surface area contributed by atoms with Gasteiger partial charge < -0.3 is 19.9 Å². The minimum absolute atomic E-state index is 0.181. The standard InChI is InChI=1S/C19H23NO3/c1-3-22-17-11-13-8-9-20-19(14-6-5-7-15(21)10-14)16(13)12-18(17)23-4-2/h5-7,10-12,19-21H,3-4,8-9H2,1-2H3/p+1. The summed E-state index contributed by atoms with van der Waals surface area (Å²) in [7, 11) is 0. The first kappa shape index (κ1) is 15.7. The normalized spacial score (nSPS) is 16.7. The number of quaternary nitrogens is 1. The molecule has 1 aliphatic rings. The van der Waals surface area contributed by atoms with E-state index in [1.54, 1.807) is 6.07 Å². The van der Waals surface area contributed by atoms with E-state index in [0.29, 0.717) is 19.0 Å². The van der Waals surface area contributed by atoms with E-state index in [0.717, 1.165) is 30.0 Å². The Hall–Kier alpha value is -2.20. The van der Waals surface area contributed by atoms with Crippen molar-refractivity contribution in [3.8, 4) is 17.2 Å². The van der Waals surface area contributed by atoms with Crippen LogP contribution in [0.2, 0.25) is 0 Å². The van der Waals surface area contributed by atoms with Crippen molar-refractivity contribution in [2.24, 2.45) is 0 Å². The summed E-state index contributed by atoms with van der Waals surface area (Å²) in [4.78, 5) is 0. The number of nitrogens with two attached hydrogens (primary N) is 1. The van der Waals surface area contributed by atoms with E-state index in [2.05, 4.69) is 23.5 Å². The average molecular weight is 314 g/mol. The smallest absolute Gasteiger partial charge is 0.161 e. The molecule has 0 fully saturated rings. The first-order valence-corrected chi connectivity index (χ1v) is 8.27. The Morgan fingerprint density at radius 3 is 2.52 bits per heavy atom. The zero-order chi connectivity index (χ0) is 16.2. The molecule has 0 aromatic heterocycles. The zero-order valence-corrected chi connectivity index (χ0v) is 13.7. The van der Waals surface area contributed by atoms with E-state index >= 15 is 0 Å². The second-order valence-electron chi connectivity index (χ2n) is 5.71. The fourth-order valence-corrected chi connectivity index (χ4v) is 3.23. The van der Waals surface area contributed by atoms with Gasteiger partial charge in [0.15, 0.2) is 11.5 Å². The fraction of sp³-hybridized carbons (Fsp3) is 0.368. The predicted molar refractivity (Wildman–Crippen MR) is 89.2 cm³/mol. The molecule has 0 aliphatic carbocycles. The van der Waals surface area contributed by atoms with Crippen LogP contribution < -0.4 is 14.8 Å². The summed E-state index contributed by atoms with van der Waals surface area (Å²) >= 11 is 0. The second-order valence-corrected chi connectivity index (χ2v) is 5.71. The molecule has 0 bridgehead atoms. The topological polar surface area (TPSA) is 55.3 Å². The molecule has 122 valence electrons. The highest BCUT2D eigenvalue weighted by Crippen LogP contribution is 2.36. The maximum Gasteiger partial charge on any atom is 0.161 e. The summed E-state index contributed by atoms with van der Waals surface area (Å²) in [5, 5.41) is 12.1. The van der Waals surface area contributed by atoms with E-state index in [9.17, 15) is 5.11 Å². The van der Waals surface area contributed by atoms with Crippen LogP contribution in [0.15, 0.2) is 36.4 Å². The van der Waals surface area contributed by atoms with Gasteiger partial charge in [0, 0.05) is 17.5 Å². The van der Waals surface area contributed by atoms with Crippen LogP contribution >= 0.6 is 0 Å². The van der Waals surface area contributed by atoms with Gasteiger partial charge in [0.25, 0.3) is 0 Å². The Bertz CT molecular complexity index is 684. The molecule has 4 heteroatoms. The van der Waals surface area contributed by atoms with Crippen LogP contribution in [0.5, 0.6) is 17.2 Å². The molecule has 3 N–H and O–H groups in total.